The van der Waals surface area contributed by atoms with E-state index in [-0.39, 0.29) is 11.5 Å². The molecule has 0 spiro atoms. The van der Waals surface area contributed by atoms with E-state index in [1.54, 1.807) is 18.6 Å². The number of ether oxygens (including phenoxy) is 1. The lowest BCUT2D eigenvalue weighted by atomic mass is 10.1. The van der Waals surface area contributed by atoms with Crippen LogP contribution in [0.25, 0.3) is 10.4 Å². The first kappa shape index (κ1) is 22.7. The Hall–Kier alpha value is -0.930. The van der Waals surface area contributed by atoms with Crippen molar-refractivity contribution in [3.05, 3.63) is 63.1 Å². The molecule has 0 fully saturated rings. The van der Waals surface area contributed by atoms with E-state index in [1.807, 2.05) is 31.2 Å². The fraction of sp³-hybridized carbons (Fsp3) is 0.100. The molecule has 150 valence electrons. The summed E-state index contributed by atoms with van der Waals surface area (Å²) in [7, 11) is 1.58. The van der Waals surface area contributed by atoms with E-state index in [0.717, 1.165) is 21.8 Å². The largest absolute Gasteiger partial charge is 0.496 e. The Kier molecular flexibility index (Phi) is 7.43. The third kappa shape index (κ3) is 4.71. The zero-order valence-electron chi connectivity index (χ0n) is 15.2. The average Bonchev–Trinajstić information content (AvgIpc) is 3.09. The summed E-state index contributed by atoms with van der Waals surface area (Å²) >= 11 is 7.63. The number of benzene rings is 2. The second kappa shape index (κ2) is 9.47. The molecule has 1 heterocycles. The number of carbonyl (C=O) groups is 2. The maximum Gasteiger partial charge on any atom is 0.339 e. The Bertz CT molecular complexity index is 1110. The van der Waals surface area contributed by atoms with Crippen LogP contribution in [0.15, 0.2) is 35.7 Å². The number of rotatable bonds is 5. The van der Waals surface area contributed by atoms with Gasteiger partial charge in [0.25, 0.3) is 5.91 Å². The predicted octanol–water partition coefficient (Wildman–Crippen LogP) is 6.50. The second-order valence-corrected chi connectivity index (χ2v) is 10.2. The fourth-order valence-electron chi connectivity index (χ4n) is 2.69. The minimum absolute atomic E-state index is 0.0976. The van der Waals surface area contributed by atoms with Crippen molar-refractivity contribution in [3.63, 3.8) is 0 Å². The van der Waals surface area contributed by atoms with Gasteiger partial charge in [0.05, 0.1) is 26.8 Å². The van der Waals surface area contributed by atoms with Gasteiger partial charge in [-0.25, -0.2) is 4.79 Å². The highest BCUT2D eigenvalue weighted by atomic mass is 127. The van der Waals surface area contributed by atoms with Gasteiger partial charge in [-0.1, -0.05) is 29.8 Å². The number of aryl methyl sites for hydroxylation is 1. The van der Waals surface area contributed by atoms with Crippen molar-refractivity contribution in [3.8, 4) is 16.2 Å². The van der Waals surface area contributed by atoms with Gasteiger partial charge < -0.3 is 15.2 Å². The maximum absolute atomic E-state index is 13.0. The normalized spacial score (nSPS) is 10.7. The van der Waals surface area contributed by atoms with Gasteiger partial charge >= 0.3 is 5.97 Å². The Balaban J connectivity index is 2.01. The molecule has 0 saturated carbocycles. The third-order valence-electron chi connectivity index (χ3n) is 4.14. The first-order chi connectivity index (χ1) is 13.7. The number of thiophene rings is 1. The summed E-state index contributed by atoms with van der Waals surface area (Å²) in [6, 6.07) is 9.43. The Labute approximate surface area is 212 Å². The van der Waals surface area contributed by atoms with Crippen LogP contribution in [0.3, 0.4) is 0 Å². The second-order valence-electron chi connectivity index (χ2n) is 6.04. The summed E-state index contributed by atoms with van der Waals surface area (Å²) in [5.41, 5.74) is 2.78. The summed E-state index contributed by atoms with van der Waals surface area (Å²) < 4.78 is 7.67. The maximum atomic E-state index is 13.0. The minimum atomic E-state index is -1.08. The zero-order chi connectivity index (χ0) is 21.3. The molecular formula is C20H14I3NO4S. The van der Waals surface area contributed by atoms with Crippen molar-refractivity contribution in [1.82, 2.24) is 0 Å². The van der Waals surface area contributed by atoms with Crippen LogP contribution in [0.4, 0.5) is 5.69 Å². The minimum Gasteiger partial charge on any atom is -0.496 e. The molecule has 29 heavy (non-hydrogen) atoms. The van der Waals surface area contributed by atoms with Crippen molar-refractivity contribution >= 4 is 96.7 Å². The molecule has 0 saturated heterocycles. The lowest BCUT2D eigenvalue weighted by Gasteiger charge is -2.13. The van der Waals surface area contributed by atoms with Crippen LogP contribution in [-0.2, 0) is 0 Å². The van der Waals surface area contributed by atoms with Gasteiger partial charge in [0, 0.05) is 12.5 Å². The molecule has 0 bridgehead atoms. The molecule has 2 N–H and O–H groups in total. The number of carboxylic acid groups (broad SMARTS) is 1. The number of carbonyl (C=O) groups excluding carboxylic acids is 1. The SMILES string of the molecule is COc1cc(I)c(C(=O)Nc2csc(-c3ccc(C)cc3)c2C(=O)O)c(I)c1I. The molecule has 0 aliphatic heterocycles. The van der Waals surface area contributed by atoms with E-state index in [9.17, 15) is 14.7 Å². The van der Waals surface area contributed by atoms with Crippen LogP contribution >= 0.6 is 79.1 Å². The summed E-state index contributed by atoms with van der Waals surface area (Å²) in [6.45, 7) is 1.97. The number of hydrogen-bond donors (Lipinski definition) is 2. The number of aromatic carboxylic acids is 1. The van der Waals surface area contributed by atoms with Crippen molar-refractivity contribution in [2.45, 2.75) is 6.92 Å². The number of halogens is 3. The molecule has 0 aliphatic carbocycles. The van der Waals surface area contributed by atoms with Crippen LogP contribution in [0.1, 0.15) is 26.3 Å². The summed E-state index contributed by atoms with van der Waals surface area (Å²) in [5, 5.41) is 14.3. The van der Waals surface area contributed by atoms with E-state index in [2.05, 4.69) is 73.1 Å². The highest BCUT2D eigenvalue weighted by Crippen LogP contribution is 2.37. The van der Waals surface area contributed by atoms with E-state index < -0.39 is 5.97 Å². The van der Waals surface area contributed by atoms with E-state index in [1.165, 1.54) is 11.3 Å². The molecule has 0 radical (unpaired) electrons. The molecule has 0 aliphatic rings. The van der Waals surface area contributed by atoms with Gasteiger partial charge in [-0.2, -0.15) is 0 Å². The predicted molar refractivity (Wildman–Crippen MR) is 141 cm³/mol. The Morgan fingerprint density at radius 3 is 2.31 bits per heavy atom. The molecule has 5 nitrogen and oxygen atoms in total. The molecule has 3 aromatic rings. The third-order valence-corrected chi connectivity index (χ3v) is 9.20. The topological polar surface area (TPSA) is 75.6 Å². The average molecular weight is 745 g/mol. The molecule has 1 amide bonds. The molecule has 0 unspecified atom stereocenters. The highest BCUT2D eigenvalue weighted by Gasteiger charge is 2.24. The molecule has 1 aromatic heterocycles. The number of nitrogens with one attached hydrogen (secondary N) is 1. The lowest BCUT2D eigenvalue weighted by Crippen LogP contribution is -2.17. The Morgan fingerprint density at radius 1 is 1.07 bits per heavy atom. The summed E-state index contributed by atoms with van der Waals surface area (Å²) in [6.07, 6.45) is 0. The van der Waals surface area contributed by atoms with Crippen LogP contribution in [0.2, 0.25) is 0 Å². The van der Waals surface area contributed by atoms with E-state index in [4.69, 9.17) is 4.74 Å². The lowest BCUT2D eigenvalue weighted by molar-refractivity contribution is 0.0699. The molecule has 3 rings (SSSR count). The molecule has 2 aromatic carbocycles. The number of anilines is 1. The number of methoxy groups -OCH3 is 1. The quantitative estimate of drug-likeness (QED) is 0.231. The Morgan fingerprint density at radius 2 is 1.72 bits per heavy atom. The number of hydrogen-bond acceptors (Lipinski definition) is 4. The van der Waals surface area contributed by atoms with E-state index in [0.29, 0.717) is 21.9 Å². The number of amides is 1. The van der Waals surface area contributed by atoms with Gasteiger partial charge in [0.1, 0.15) is 11.3 Å². The first-order valence-corrected chi connectivity index (χ1v) is 12.3. The van der Waals surface area contributed by atoms with Crippen molar-refractivity contribution in [2.24, 2.45) is 0 Å². The van der Waals surface area contributed by atoms with Crippen LogP contribution in [-0.4, -0.2) is 24.1 Å². The van der Waals surface area contributed by atoms with Crippen LogP contribution in [0, 0.1) is 17.6 Å². The first-order valence-electron chi connectivity index (χ1n) is 8.19. The van der Waals surface area contributed by atoms with Gasteiger partial charge in [-0.05, 0) is 86.3 Å². The molecule has 9 heteroatoms. The van der Waals surface area contributed by atoms with Gasteiger partial charge in [0.15, 0.2) is 0 Å². The standard InChI is InChI=1S/C20H14I3NO4S/c1-9-3-5-10(6-4-9)18-15(20(26)27)12(8-29-18)24-19(25)14-11(21)7-13(28-2)16(22)17(14)23/h3-8H,1-2H3,(H,24,25)(H,26,27). The van der Waals surface area contributed by atoms with E-state index >= 15 is 0 Å². The summed E-state index contributed by atoms with van der Waals surface area (Å²) in [4.78, 5) is 25.6. The zero-order valence-corrected chi connectivity index (χ0v) is 22.5. The number of carboxylic acids is 1. The van der Waals surface area contributed by atoms with Crippen molar-refractivity contribution in [2.75, 3.05) is 12.4 Å². The highest BCUT2D eigenvalue weighted by molar-refractivity contribution is 14.1. The van der Waals surface area contributed by atoms with Crippen molar-refractivity contribution < 1.29 is 19.4 Å². The van der Waals surface area contributed by atoms with Crippen LogP contribution in [0.5, 0.6) is 5.75 Å². The molecule has 0 atom stereocenters. The van der Waals surface area contributed by atoms with Gasteiger partial charge in [-0.3, -0.25) is 4.79 Å². The van der Waals surface area contributed by atoms with Crippen molar-refractivity contribution in [1.29, 1.82) is 0 Å². The van der Waals surface area contributed by atoms with Gasteiger partial charge in [-0.15, -0.1) is 11.3 Å². The summed E-state index contributed by atoms with van der Waals surface area (Å²) in [5.74, 6) is -0.736. The smallest absolute Gasteiger partial charge is 0.339 e. The molecular weight excluding hydrogens is 731 g/mol. The van der Waals surface area contributed by atoms with Gasteiger partial charge in [0.2, 0.25) is 0 Å². The van der Waals surface area contributed by atoms with Crippen LogP contribution < -0.4 is 10.1 Å². The monoisotopic (exact) mass is 745 g/mol. The fourth-order valence-corrected chi connectivity index (χ4v) is 6.45.